The highest BCUT2D eigenvalue weighted by Gasteiger charge is 2.15. The topological polar surface area (TPSA) is 117 Å². The fourth-order valence-corrected chi connectivity index (χ4v) is 2.93. The zero-order chi connectivity index (χ0) is 25.4. The van der Waals surface area contributed by atoms with E-state index < -0.39 is 22.6 Å². The van der Waals surface area contributed by atoms with E-state index in [1.54, 1.807) is 12.1 Å². The highest BCUT2D eigenvalue weighted by Crippen LogP contribution is 2.15. The molecule has 0 aromatic heterocycles. The van der Waals surface area contributed by atoms with Crippen LogP contribution in [0.2, 0.25) is 0 Å². The Morgan fingerprint density at radius 2 is 1.66 bits per heavy atom. The summed E-state index contributed by atoms with van der Waals surface area (Å²) in [6, 6.07) is 17.9. The summed E-state index contributed by atoms with van der Waals surface area (Å²) >= 11 is 0. The Morgan fingerprint density at radius 3 is 2.26 bits per heavy atom. The van der Waals surface area contributed by atoms with Gasteiger partial charge in [0, 0.05) is 37.5 Å². The Kier molecular flexibility index (Phi) is 8.02. The monoisotopic (exact) mass is 475 g/mol. The summed E-state index contributed by atoms with van der Waals surface area (Å²) in [5.41, 5.74) is 4.28. The highest BCUT2D eigenvalue weighted by molar-refractivity contribution is 6.05. The summed E-state index contributed by atoms with van der Waals surface area (Å²) in [6.07, 6.45) is 2.77. The zero-order valence-corrected chi connectivity index (χ0v) is 18.9. The van der Waals surface area contributed by atoms with Crippen LogP contribution in [0, 0.1) is 15.9 Å². The molecule has 0 atom stereocenters. The van der Waals surface area contributed by atoms with Crippen LogP contribution in [0.25, 0.3) is 6.08 Å². The number of amides is 2. The highest BCUT2D eigenvalue weighted by atomic mass is 19.1. The van der Waals surface area contributed by atoms with Crippen molar-refractivity contribution < 1.29 is 18.9 Å². The molecular formula is C25H22FN5O4. The van der Waals surface area contributed by atoms with Crippen LogP contribution in [0.5, 0.6) is 0 Å². The van der Waals surface area contributed by atoms with Crippen LogP contribution in [-0.2, 0) is 4.79 Å². The van der Waals surface area contributed by atoms with Crippen molar-refractivity contribution in [1.29, 1.82) is 0 Å². The first-order chi connectivity index (χ1) is 16.7. The largest absolute Gasteiger partial charge is 0.378 e. The fraction of sp³-hybridized carbons (Fsp3) is 0.0800. The van der Waals surface area contributed by atoms with E-state index in [2.05, 4.69) is 15.8 Å². The summed E-state index contributed by atoms with van der Waals surface area (Å²) in [4.78, 5) is 37.6. The van der Waals surface area contributed by atoms with Crippen molar-refractivity contribution in [2.24, 2.45) is 5.10 Å². The van der Waals surface area contributed by atoms with Crippen molar-refractivity contribution in [3.63, 3.8) is 0 Å². The van der Waals surface area contributed by atoms with E-state index in [1.165, 1.54) is 54.8 Å². The van der Waals surface area contributed by atoms with Gasteiger partial charge in [0.1, 0.15) is 11.5 Å². The number of non-ortho nitro benzene ring substituents is 1. The maximum Gasteiger partial charge on any atom is 0.287 e. The van der Waals surface area contributed by atoms with Gasteiger partial charge in [0.2, 0.25) is 0 Å². The Labute approximate surface area is 200 Å². The fourth-order valence-electron chi connectivity index (χ4n) is 2.93. The van der Waals surface area contributed by atoms with Crippen LogP contribution in [0.1, 0.15) is 21.5 Å². The quantitative estimate of drug-likeness (QED) is 0.223. The van der Waals surface area contributed by atoms with Crippen LogP contribution in [0.3, 0.4) is 0 Å². The molecule has 0 bridgehead atoms. The van der Waals surface area contributed by atoms with E-state index in [-0.39, 0.29) is 16.9 Å². The predicted octanol–water partition coefficient (Wildman–Crippen LogP) is 3.72. The number of carbonyl (C=O) groups excluding carboxylic acids is 2. The lowest BCUT2D eigenvalue weighted by molar-refractivity contribution is -0.384. The molecule has 0 saturated heterocycles. The molecule has 0 aliphatic rings. The van der Waals surface area contributed by atoms with Gasteiger partial charge in [-0.3, -0.25) is 19.7 Å². The molecule has 10 heteroatoms. The summed E-state index contributed by atoms with van der Waals surface area (Å²) in [5.74, 6) is -1.97. The van der Waals surface area contributed by atoms with Gasteiger partial charge in [-0.2, -0.15) is 5.10 Å². The Morgan fingerprint density at radius 1 is 1.00 bits per heavy atom. The minimum Gasteiger partial charge on any atom is -0.378 e. The number of halogens is 1. The Balaban J connectivity index is 1.81. The lowest BCUT2D eigenvalue weighted by Crippen LogP contribution is -2.32. The molecule has 0 heterocycles. The number of anilines is 1. The molecule has 35 heavy (non-hydrogen) atoms. The van der Waals surface area contributed by atoms with Gasteiger partial charge < -0.3 is 10.2 Å². The first-order valence-electron chi connectivity index (χ1n) is 10.4. The van der Waals surface area contributed by atoms with Gasteiger partial charge in [-0.25, -0.2) is 9.82 Å². The molecule has 178 valence electrons. The predicted molar refractivity (Wildman–Crippen MR) is 131 cm³/mol. The molecule has 0 saturated carbocycles. The average Bonchev–Trinajstić information content (AvgIpc) is 2.84. The number of nitro benzene ring substituents is 1. The van der Waals surface area contributed by atoms with Crippen molar-refractivity contribution in [2.45, 2.75) is 0 Å². The standard InChI is InChI=1S/C25H22FN5O4/c1-30(2)21-10-6-17(7-11-21)14-23(28-24(32)19-4-3-5-20(26)15-19)25(33)29-27-16-18-8-12-22(13-9-18)31(34)35/h3-16H,1-2H3,(H,28,32)(H,29,33). The second kappa shape index (κ2) is 11.3. The average molecular weight is 475 g/mol. The van der Waals surface area contributed by atoms with E-state index in [0.717, 1.165) is 11.8 Å². The first-order valence-corrected chi connectivity index (χ1v) is 10.4. The van der Waals surface area contributed by atoms with Gasteiger partial charge in [0.15, 0.2) is 0 Å². The summed E-state index contributed by atoms with van der Waals surface area (Å²) in [7, 11) is 3.79. The minimum absolute atomic E-state index is 0.0426. The third-order valence-electron chi connectivity index (χ3n) is 4.78. The molecule has 2 amide bonds. The molecule has 0 fully saturated rings. The third-order valence-corrected chi connectivity index (χ3v) is 4.78. The maximum atomic E-state index is 13.5. The minimum atomic E-state index is -0.718. The van der Waals surface area contributed by atoms with Gasteiger partial charge in [-0.15, -0.1) is 0 Å². The molecule has 2 N–H and O–H groups in total. The summed E-state index contributed by atoms with van der Waals surface area (Å²) < 4.78 is 13.5. The van der Waals surface area contributed by atoms with Crippen molar-refractivity contribution in [2.75, 3.05) is 19.0 Å². The molecular weight excluding hydrogens is 453 g/mol. The Bertz CT molecular complexity index is 1290. The second-order valence-electron chi connectivity index (χ2n) is 7.56. The molecule has 9 nitrogen and oxygen atoms in total. The van der Waals surface area contributed by atoms with Crippen LogP contribution in [0.4, 0.5) is 15.8 Å². The second-order valence-corrected chi connectivity index (χ2v) is 7.56. The number of rotatable bonds is 8. The van der Waals surface area contributed by atoms with Crippen molar-refractivity contribution in [3.8, 4) is 0 Å². The van der Waals surface area contributed by atoms with Crippen LogP contribution >= 0.6 is 0 Å². The molecule has 0 aliphatic carbocycles. The lowest BCUT2D eigenvalue weighted by atomic mass is 10.1. The van der Waals surface area contributed by atoms with E-state index in [0.29, 0.717) is 11.1 Å². The number of hydrogen-bond acceptors (Lipinski definition) is 6. The molecule has 3 aromatic rings. The van der Waals surface area contributed by atoms with Gasteiger partial charge in [-0.1, -0.05) is 18.2 Å². The molecule has 0 unspecified atom stereocenters. The molecule has 0 spiro atoms. The molecule has 0 aliphatic heterocycles. The van der Waals surface area contributed by atoms with Gasteiger partial charge in [0.25, 0.3) is 17.5 Å². The third kappa shape index (κ3) is 7.06. The SMILES string of the molecule is CN(C)c1ccc(C=C(NC(=O)c2cccc(F)c2)C(=O)NN=Cc2ccc([N+](=O)[O-])cc2)cc1. The van der Waals surface area contributed by atoms with E-state index in [4.69, 9.17) is 0 Å². The van der Waals surface area contributed by atoms with E-state index in [9.17, 15) is 24.1 Å². The molecule has 3 aromatic carbocycles. The number of nitrogens with zero attached hydrogens (tertiary/aromatic N) is 3. The Hall–Kier alpha value is -4.86. The van der Waals surface area contributed by atoms with Crippen molar-refractivity contribution >= 4 is 35.5 Å². The van der Waals surface area contributed by atoms with Crippen molar-refractivity contribution in [3.05, 3.63) is 111 Å². The summed E-state index contributed by atoms with van der Waals surface area (Å²) in [5, 5.41) is 17.1. The smallest absolute Gasteiger partial charge is 0.287 e. The van der Waals surface area contributed by atoms with E-state index >= 15 is 0 Å². The number of nitro groups is 1. The van der Waals surface area contributed by atoms with Gasteiger partial charge in [0.05, 0.1) is 11.1 Å². The number of benzene rings is 3. The number of hydrogen-bond donors (Lipinski definition) is 2. The van der Waals surface area contributed by atoms with Crippen LogP contribution < -0.4 is 15.6 Å². The lowest BCUT2D eigenvalue weighted by Gasteiger charge is -2.12. The normalized spacial score (nSPS) is 11.2. The zero-order valence-electron chi connectivity index (χ0n) is 18.9. The number of hydrazone groups is 1. The van der Waals surface area contributed by atoms with E-state index in [1.807, 2.05) is 31.1 Å². The number of carbonyl (C=O) groups is 2. The maximum absolute atomic E-state index is 13.5. The van der Waals surface area contributed by atoms with Crippen LogP contribution in [-0.4, -0.2) is 37.0 Å². The first kappa shape index (κ1) is 24.8. The van der Waals surface area contributed by atoms with Gasteiger partial charge >= 0.3 is 0 Å². The number of nitrogens with one attached hydrogen (secondary N) is 2. The summed E-state index contributed by atoms with van der Waals surface area (Å²) in [6.45, 7) is 0. The van der Waals surface area contributed by atoms with Gasteiger partial charge in [-0.05, 0) is 59.7 Å². The van der Waals surface area contributed by atoms with Crippen molar-refractivity contribution in [1.82, 2.24) is 10.7 Å². The molecule has 3 rings (SSSR count). The van der Waals surface area contributed by atoms with Crippen LogP contribution in [0.15, 0.2) is 83.6 Å². The molecule has 0 radical (unpaired) electrons.